The summed E-state index contributed by atoms with van der Waals surface area (Å²) in [6.45, 7) is -0.443. The number of ether oxygens (including phenoxy) is 2. The number of hydrogen-bond acceptors (Lipinski definition) is 5. The summed E-state index contributed by atoms with van der Waals surface area (Å²) in [7, 11) is 0. The molecule has 1 aromatic rings. The van der Waals surface area contributed by atoms with Gasteiger partial charge in [0.1, 0.15) is 18.3 Å². The zero-order valence-electron chi connectivity index (χ0n) is 9.82. The Kier molecular flexibility index (Phi) is 4.68. The van der Waals surface area contributed by atoms with Crippen molar-refractivity contribution in [1.29, 1.82) is 0 Å². The van der Waals surface area contributed by atoms with E-state index in [0.717, 1.165) is 0 Å². The molecular formula is C12H14Cl2O5. The smallest absolute Gasteiger partial charge is 0.246 e. The van der Waals surface area contributed by atoms with Crippen molar-refractivity contribution in [1.82, 2.24) is 0 Å². The van der Waals surface area contributed by atoms with Gasteiger partial charge in [0.25, 0.3) is 0 Å². The highest BCUT2D eigenvalue weighted by atomic mass is 35.5. The third-order valence-electron chi connectivity index (χ3n) is 2.87. The minimum atomic E-state index is -1.73. The molecule has 5 nitrogen and oxygen atoms in total. The van der Waals surface area contributed by atoms with Gasteiger partial charge in [-0.25, -0.2) is 0 Å². The number of rotatable bonds is 4. The van der Waals surface area contributed by atoms with Crippen LogP contribution in [0.4, 0.5) is 0 Å². The maximum Gasteiger partial charge on any atom is 0.246 e. The fourth-order valence-electron chi connectivity index (χ4n) is 1.81. The summed E-state index contributed by atoms with van der Waals surface area (Å²) in [5, 5.41) is 28.3. The van der Waals surface area contributed by atoms with Crippen molar-refractivity contribution in [2.75, 3.05) is 6.61 Å². The molecular weight excluding hydrogens is 295 g/mol. The molecule has 0 saturated carbocycles. The minimum absolute atomic E-state index is 0.443. The summed E-state index contributed by atoms with van der Waals surface area (Å²) in [5.74, 6) is 0. The van der Waals surface area contributed by atoms with E-state index in [4.69, 9.17) is 37.8 Å². The molecule has 106 valence electrons. The van der Waals surface area contributed by atoms with E-state index in [0.29, 0.717) is 5.56 Å². The van der Waals surface area contributed by atoms with Crippen LogP contribution in [0.5, 0.6) is 0 Å². The fraction of sp³-hybridized carbons (Fsp3) is 0.500. The third kappa shape index (κ3) is 3.20. The van der Waals surface area contributed by atoms with E-state index in [2.05, 4.69) is 0 Å². The van der Waals surface area contributed by atoms with Gasteiger partial charge in [-0.1, -0.05) is 53.5 Å². The first-order valence-electron chi connectivity index (χ1n) is 5.69. The van der Waals surface area contributed by atoms with Crippen molar-refractivity contribution in [3.8, 4) is 0 Å². The van der Waals surface area contributed by atoms with Crippen LogP contribution in [0.2, 0.25) is 0 Å². The largest absolute Gasteiger partial charge is 0.394 e. The lowest BCUT2D eigenvalue weighted by molar-refractivity contribution is -0.189. The molecule has 1 saturated heterocycles. The molecule has 0 radical (unpaired) electrons. The Labute approximate surface area is 120 Å². The maximum absolute atomic E-state index is 9.74. The SMILES string of the molecule is OC[C@H]1OC(OC(Cl)(Cl)c2ccccc2)[C@H](O)[C@@H]1O. The Morgan fingerprint density at radius 1 is 1.16 bits per heavy atom. The van der Waals surface area contributed by atoms with E-state index < -0.39 is 35.7 Å². The van der Waals surface area contributed by atoms with Gasteiger partial charge >= 0.3 is 0 Å². The predicted octanol–water partition coefficient (Wildman–Crippen LogP) is 0.730. The third-order valence-corrected chi connectivity index (χ3v) is 3.49. The molecule has 19 heavy (non-hydrogen) atoms. The molecule has 1 aliphatic heterocycles. The predicted molar refractivity (Wildman–Crippen MR) is 68.7 cm³/mol. The number of alkyl halides is 2. The summed E-state index contributed by atoms with van der Waals surface area (Å²) >= 11 is 12.1. The Hall–Kier alpha value is -0.400. The quantitative estimate of drug-likeness (QED) is 0.715. The van der Waals surface area contributed by atoms with Gasteiger partial charge in [-0.3, -0.25) is 0 Å². The van der Waals surface area contributed by atoms with Crippen LogP contribution >= 0.6 is 23.2 Å². The molecule has 2 rings (SSSR count). The molecule has 1 heterocycles. The number of halogens is 2. The zero-order valence-corrected chi connectivity index (χ0v) is 11.3. The van der Waals surface area contributed by atoms with E-state index in [-0.39, 0.29) is 0 Å². The molecule has 0 bridgehead atoms. The molecule has 1 aliphatic rings. The molecule has 7 heteroatoms. The summed E-state index contributed by atoms with van der Waals surface area (Å²) < 4.78 is 8.71. The topological polar surface area (TPSA) is 79.2 Å². The van der Waals surface area contributed by atoms with Gasteiger partial charge in [0.15, 0.2) is 6.29 Å². The van der Waals surface area contributed by atoms with E-state index in [1.54, 1.807) is 30.3 Å². The highest BCUT2D eigenvalue weighted by Crippen LogP contribution is 2.38. The number of aliphatic hydroxyl groups excluding tert-OH is 3. The van der Waals surface area contributed by atoms with Gasteiger partial charge in [0, 0.05) is 5.56 Å². The average molecular weight is 309 g/mol. The first-order valence-corrected chi connectivity index (χ1v) is 6.45. The van der Waals surface area contributed by atoms with E-state index >= 15 is 0 Å². The van der Waals surface area contributed by atoms with Crippen molar-refractivity contribution >= 4 is 23.2 Å². The first-order chi connectivity index (χ1) is 8.95. The second-order valence-corrected chi connectivity index (χ2v) is 5.47. The van der Waals surface area contributed by atoms with E-state index in [1.807, 2.05) is 0 Å². The average Bonchev–Trinajstić information content (AvgIpc) is 2.67. The van der Waals surface area contributed by atoms with Gasteiger partial charge in [0.2, 0.25) is 4.52 Å². The number of benzene rings is 1. The van der Waals surface area contributed by atoms with Crippen molar-refractivity contribution in [2.24, 2.45) is 0 Å². The van der Waals surface area contributed by atoms with Gasteiger partial charge < -0.3 is 24.8 Å². The van der Waals surface area contributed by atoms with Crippen LogP contribution in [-0.2, 0) is 14.0 Å². The fourth-order valence-corrected chi connectivity index (χ4v) is 2.24. The van der Waals surface area contributed by atoms with Crippen LogP contribution in [0.3, 0.4) is 0 Å². The van der Waals surface area contributed by atoms with E-state index in [9.17, 15) is 10.2 Å². The number of hydrogen-bond donors (Lipinski definition) is 3. The van der Waals surface area contributed by atoms with Crippen LogP contribution < -0.4 is 0 Å². The van der Waals surface area contributed by atoms with Crippen LogP contribution in [0.15, 0.2) is 30.3 Å². The van der Waals surface area contributed by atoms with Crippen molar-refractivity contribution < 1.29 is 24.8 Å². The zero-order chi connectivity index (χ0) is 14.0. The molecule has 0 aromatic heterocycles. The summed E-state index contributed by atoms with van der Waals surface area (Å²) in [5.41, 5.74) is 0.469. The van der Waals surface area contributed by atoms with Gasteiger partial charge in [-0.05, 0) is 0 Å². The number of aliphatic hydroxyl groups is 3. The highest BCUT2D eigenvalue weighted by molar-refractivity contribution is 6.46. The molecule has 1 aromatic carbocycles. The second-order valence-electron chi connectivity index (χ2n) is 4.21. The molecule has 0 aliphatic carbocycles. The Balaban J connectivity index is 2.09. The molecule has 0 spiro atoms. The van der Waals surface area contributed by atoms with Gasteiger partial charge in [-0.15, -0.1) is 0 Å². The molecule has 4 atom stereocenters. The maximum atomic E-state index is 9.74. The lowest BCUT2D eigenvalue weighted by Gasteiger charge is -2.26. The highest BCUT2D eigenvalue weighted by Gasteiger charge is 2.46. The van der Waals surface area contributed by atoms with E-state index in [1.165, 1.54) is 0 Å². The summed E-state index contributed by atoms with van der Waals surface area (Å²) in [6.07, 6.45) is -4.74. The van der Waals surface area contributed by atoms with Crippen molar-refractivity contribution in [3.05, 3.63) is 35.9 Å². The van der Waals surface area contributed by atoms with Crippen LogP contribution in [-0.4, -0.2) is 46.5 Å². The van der Waals surface area contributed by atoms with Gasteiger partial charge in [-0.2, -0.15) is 0 Å². The Morgan fingerprint density at radius 3 is 2.32 bits per heavy atom. The molecule has 0 amide bonds. The second kappa shape index (κ2) is 5.93. The molecule has 1 unspecified atom stereocenters. The normalized spacial score (nSPS) is 31.6. The summed E-state index contributed by atoms with van der Waals surface area (Å²) in [4.78, 5) is 0. The van der Waals surface area contributed by atoms with Crippen molar-refractivity contribution in [2.45, 2.75) is 29.1 Å². The Bertz CT molecular complexity index is 414. The lowest BCUT2D eigenvalue weighted by atomic mass is 10.1. The first kappa shape index (κ1) is 15.0. The van der Waals surface area contributed by atoms with Crippen LogP contribution in [0.25, 0.3) is 0 Å². The van der Waals surface area contributed by atoms with Crippen molar-refractivity contribution in [3.63, 3.8) is 0 Å². The minimum Gasteiger partial charge on any atom is -0.394 e. The molecule has 1 fully saturated rings. The van der Waals surface area contributed by atoms with Crippen LogP contribution in [0.1, 0.15) is 5.56 Å². The van der Waals surface area contributed by atoms with Gasteiger partial charge in [0.05, 0.1) is 6.61 Å². The standard InChI is InChI=1S/C12H14Cl2O5/c13-12(14,7-4-2-1-3-5-7)19-11-10(17)9(16)8(6-15)18-11/h1-5,8-11,15-17H,6H2/t8-,9-,10-,11?/m1/s1. The summed E-state index contributed by atoms with van der Waals surface area (Å²) in [6, 6.07) is 8.56. The van der Waals surface area contributed by atoms with Crippen LogP contribution in [0, 0.1) is 0 Å². The lowest BCUT2D eigenvalue weighted by Crippen LogP contribution is -2.36. The molecule has 3 N–H and O–H groups in total. The Morgan fingerprint density at radius 2 is 1.79 bits per heavy atom. The monoisotopic (exact) mass is 308 g/mol.